The molecule has 1 atom stereocenters. The van der Waals surface area contributed by atoms with Crippen LogP contribution in [0.5, 0.6) is 11.5 Å². The normalized spacial score (nSPS) is 17.3. The highest BCUT2D eigenvalue weighted by Crippen LogP contribution is 2.37. The van der Waals surface area contributed by atoms with Crippen molar-refractivity contribution in [3.8, 4) is 34.5 Å². The lowest BCUT2D eigenvalue weighted by Gasteiger charge is -2.24. The summed E-state index contributed by atoms with van der Waals surface area (Å²) < 4.78 is 24.2. The molecule has 1 aromatic carbocycles. The molecule has 0 N–H and O–H groups in total. The fourth-order valence-electron chi connectivity index (χ4n) is 3.49. The minimum absolute atomic E-state index is 0.125. The molecule has 2 aliphatic heterocycles. The van der Waals surface area contributed by atoms with E-state index in [9.17, 15) is 0 Å². The van der Waals surface area contributed by atoms with E-state index in [1.165, 1.54) is 0 Å². The molecule has 144 valence electrons. The van der Waals surface area contributed by atoms with Crippen LogP contribution >= 0.6 is 0 Å². The van der Waals surface area contributed by atoms with Crippen LogP contribution in [0.25, 0.3) is 23.0 Å². The van der Waals surface area contributed by atoms with Crippen molar-refractivity contribution in [2.24, 2.45) is 0 Å². The summed E-state index contributed by atoms with van der Waals surface area (Å²) in [5.41, 5.74) is 3.45. The van der Waals surface area contributed by atoms with Crippen molar-refractivity contribution in [1.29, 1.82) is 0 Å². The molecule has 29 heavy (non-hydrogen) atoms. The molecular weight excluding hydrogens is 374 g/mol. The Labute approximate surface area is 164 Å². The second-order valence-corrected chi connectivity index (χ2v) is 6.77. The quantitative estimate of drug-likeness (QED) is 0.527. The number of hydrogen-bond donors (Lipinski definition) is 0. The first-order chi connectivity index (χ1) is 14.3. The zero-order valence-corrected chi connectivity index (χ0v) is 15.2. The molecule has 2 aliphatic rings. The lowest BCUT2D eigenvalue weighted by molar-refractivity contribution is -0.00122. The third-order valence-corrected chi connectivity index (χ3v) is 4.99. The van der Waals surface area contributed by atoms with Gasteiger partial charge in [0.2, 0.25) is 12.6 Å². The van der Waals surface area contributed by atoms with Crippen molar-refractivity contribution in [2.75, 3.05) is 6.79 Å². The molecule has 0 saturated heterocycles. The van der Waals surface area contributed by atoms with E-state index in [1.54, 1.807) is 12.4 Å². The third kappa shape index (κ3) is 2.83. The maximum absolute atomic E-state index is 6.04. The van der Waals surface area contributed by atoms with Gasteiger partial charge in [0.25, 0.3) is 5.89 Å². The predicted molar refractivity (Wildman–Crippen MR) is 98.8 cm³/mol. The third-order valence-electron chi connectivity index (χ3n) is 4.99. The minimum Gasteiger partial charge on any atom is -0.454 e. The fraction of sp³-hybridized carbons (Fsp3) is 0.200. The summed E-state index contributed by atoms with van der Waals surface area (Å²) in [6.45, 7) is 1.28. The number of benzene rings is 1. The number of aromatic nitrogens is 5. The smallest absolute Gasteiger partial charge is 0.278 e. The van der Waals surface area contributed by atoms with Crippen LogP contribution in [0.15, 0.2) is 53.3 Å². The van der Waals surface area contributed by atoms with Gasteiger partial charge >= 0.3 is 0 Å². The van der Waals surface area contributed by atoms with E-state index in [2.05, 4.69) is 20.2 Å². The molecule has 3 aromatic heterocycles. The summed E-state index contributed by atoms with van der Waals surface area (Å²) in [5, 5.41) is 8.69. The molecule has 0 radical (unpaired) electrons. The summed E-state index contributed by atoms with van der Waals surface area (Å²) in [6.07, 6.45) is 3.25. The van der Waals surface area contributed by atoms with Crippen LogP contribution in [-0.4, -0.2) is 31.7 Å². The second-order valence-electron chi connectivity index (χ2n) is 6.77. The molecule has 4 aromatic rings. The minimum atomic E-state index is -0.125. The van der Waals surface area contributed by atoms with Gasteiger partial charge < -0.3 is 18.7 Å². The summed E-state index contributed by atoms with van der Waals surface area (Å²) in [6, 6.07) is 11.4. The molecule has 0 unspecified atom stereocenters. The SMILES string of the molecule is c1cc(-c2noc(-c3cc4n(n3)C[C@@H](c3ccc5c(c3)OCO5)OC4)n2)ccn1. The summed E-state index contributed by atoms with van der Waals surface area (Å²) in [4.78, 5) is 8.46. The van der Waals surface area contributed by atoms with Gasteiger partial charge in [-0.15, -0.1) is 0 Å². The molecule has 0 amide bonds. The number of pyridine rings is 1. The monoisotopic (exact) mass is 389 g/mol. The Morgan fingerprint density at radius 3 is 2.83 bits per heavy atom. The number of rotatable bonds is 3. The van der Waals surface area contributed by atoms with E-state index in [-0.39, 0.29) is 12.9 Å². The number of hydrogen-bond acceptors (Lipinski definition) is 8. The standard InChI is InChI=1S/C20H15N5O4/c1-2-16-17(28-11-27-16)7-13(1)18-9-25-14(10-26-18)8-15(23-25)20-22-19(24-29-20)12-3-5-21-6-4-12/h1-8,18H,9-11H2/t18-/m0/s1. The lowest BCUT2D eigenvalue weighted by Crippen LogP contribution is -2.21. The largest absolute Gasteiger partial charge is 0.454 e. The van der Waals surface area contributed by atoms with Crippen LogP contribution < -0.4 is 9.47 Å². The number of fused-ring (bicyclic) bond motifs is 2. The van der Waals surface area contributed by atoms with Crippen molar-refractivity contribution in [3.63, 3.8) is 0 Å². The molecule has 9 nitrogen and oxygen atoms in total. The van der Waals surface area contributed by atoms with E-state index < -0.39 is 0 Å². The van der Waals surface area contributed by atoms with Gasteiger partial charge in [0.15, 0.2) is 17.2 Å². The van der Waals surface area contributed by atoms with Crippen LogP contribution in [0.1, 0.15) is 17.4 Å². The van der Waals surface area contributed by atoms with E-state index in [4.69, 9.17) is 18.7 Å². The van der Waals surface area contributed by atoms with Crippen LogP contribution in [0.2, 0.25) is 0 Å². The van der Waals surface area contributed by atoms with Crippen LogP contribution in [0, 0.1) is 0 Å². The average molecular weight is 389 g/mol. The van der Waals surface area contributed by atoms with Gasteiger partial charge in [0.1, 0.15) is 6.10 Å². The van der Waals surface area contributed by atoms with Gasteiger partial charge in [0.05, 0.1) is 18.8 Å². The van der Waals surface area contributed by atoms with Crippen molar-refractivity contribution >= 4 is 0 Å². The maximum atomic E-state index is 6.04. The Bertz CT molecular complexity index is 1190. The zero-order valence-electron chi connectivity index (χ0n) is 15.2. The first-order valence-electron chi connectivity index (χ1n) is 9.16. The zero-order chi connectivity index (χ0) is 19.2. The molecule has 5 heterocycles. The highest BCUT2D eigenvalue weighted by atomic mass is 16.7. The van der Waals surface area contributed by atoms with Crippen LogP contribution in [0.4, 0.5) is 0 Å². The lowest BCUT2D eigenvalue weighted by atomic mass is 10.1. The Morgan fingerprint density at radius 1 is 1.00 bits per heavy atom. The summed E-state index contributed by atoms with van der Waals surface area (Å²) in [7, 11) is 0. The molecule has 0 fully saturated rings. The topological polar surface area (TPSA) is 97.3 Å². The van der Waals surface area contributed by atoms with Crippen LogP contribution in [0.3, 0.4) is 0 Å². The maximum Gasteiger partial charge on any atom is 0.278 e. The highest BCUT2D eigenvalue weighted by molar-refractivity contribution is 5.57. The van der Waals surface area contributed by atoms with Crippen molar-refractivity contribution in [3.05, 3.63) is 60.0 Å². The fourth-order valence-corrected chi connectivity index (χ4v) is 3.49. The first kappa shape index (κ1) is 16.3. The highest BCUT2D eigenvalue weighted by Gasteiger charge is 2.26. The van der Waals surface area contributed by atoms with E-state index in [0.29, 0.717) is 30.6 Å². The Kier molecular flexibility index (Phi) is 3.60. The van der Waals surface area contributed by atoms with E-state index in [0.717, 1.165) is 28.3 Å². The van der Waals surface area contributed by atoms with E-state index in [1.807, 2.05) is 41.1 Å². The summed E-state index contributed by atoms with van der Waals surface area (Å²) >= 11 is 0. The molecule has 0 spiro atoms. The number of ether oxygens (including phenoxy) is 3. The van der Waals surface area contributed by atoms with Gasteiger partial charge in [-0.25, -0.2) is 0 Å². The Hall–Kier alpha value is -3.72. The molecule has 9 heteroatoms. The average Bonchev–Trinajstić information content (AvgIpc) is 3.52. The van der Waals surface area contributed by atoms with Crippen molar-refractivity contribution in [2.45, 2.75) is 19.3 Å². The first-order valence-corrected chi connectivity index (χ1v) is 9.16. The number of nitrogens with zero attached hydrogens (tertiary/aromatic N) is 5. The second kappa shape index (κ2) is 6.42. The molecule has 0 bridgehead atoms. The van der Waals surface area contributed by atoms with Gasteiger partial charge in [-0.05, 0) is 35.9 Å². The molecule has 0 saturated carbocycles. The summed E-state index contributed by atoms with van der Waals surface area (Å²) in [5.74, 6) is 2.38. The van der Waals surface area contributed by atoms with E-state index >= 15 is 0 Å². The molecule has 6 rings (SSSR count). The van der Waals surface area contributed by atoms with Crippen molar-refractivity contribution < 1.29 is 18.7 Å². The predicted octanol–water partition coefficient (Wildman–Crippen LogP) is 3.00. The Balaban J connectivity index is 1.26. The van der Waals surface area contributed by atoms with Crippen LogP contribution in [-0.2, 0) is 17.9 Å². The Morgan fingerprint density at radius 2 is 1.90 bits per heavy atom. The van der Waals surface area contributed by atoms with Gasteiger partial charge in [0, 0.05) is 18.0 Å². The van der Waals surface area contributed by atoms with Crippen molar-refractivity contribution in [1.82, 2.24) is 24.9 Å². The molecule has 0 aliphatic carbocycles. The molecular formula is C20H15N5O4. The van der Waals surface area contributed by atoms with Gasteiger partial charge in [-0.2, -0.15) is 10.1 Å². The van der Waals surface area contributed by atoms with Gasteiger partial charge in [-0.1, -0.05) is 11.2 Å². The van der Waals surface area contributed by atoms with Gasteiger partial charge in [-0.3, -0.25) is 9.67 Å².